The molecule has 2 nitrogen and oxygen atoms in total. The van der Waals surface area contributed by atoms with E-state index in [-0.39, 0.29) is 5.82 Å². The van der Waals surface area contributed by atoms with E-state index in [1.165, 1.54) is 12.1 Å². The Morgan fingerprint density at radius 2 is 1.95 bits per heavy atom. The Balaban J connectivity index is 2.05. The molecule has 0 radical (unpaired) electrons. The molecule has 1 saturated heterocycles. The van der Waals surface area contributed by atoms with Gasteiger partial charge in [0, 0.05) is 43.2 Å². The maximum absolute atomic E-state index is 13.3. The average molecular weight is 329 g/mol. The highest BCUT2D eigenvalue weighted by Crippen LogP contribution is 2.25. The third-order valence-corrected chi connectivity index (χ3v) is 4.66. The van der Waals surface area contributed by atoms with Crippen LogP contribution in [0.3, 0.4) is 0 Å². The topological polar surface area (TPSA) is 6.48 Å². The van der Waals surface area contributed by atoms with Crippen molar-refractivity contribution in [1.29, 1.82) is 0 Å². The Bertz CT molecular complexity index is 417. The first-order chi connectivity index (χ1) is 9.15. The third kappa shape index (κ3) is 3.48. The lowest BCUT2D eigenvalue weighted by atomic mass is 10.1. The minimum atomic E-state index is -0.156. The summed E-state index contributed by atoms with van der Waals surface area (Å²) in [4.78, 5) is 4.91. The van der Waals surface area contributed by atoms with Gasteiger partial charge in [-0.15, -0.1) is 0 Å². The lowest BCUT2D eigenvalue weighted by molar-refractivity contribution is 0.193. The Kier molecular flexibility index (Phi) is 5.22. The second kappa shape index (κ2) is 6.71. The molecule has 1 aliphatic heterocycles. The van der Waals surface area contributed by atoms with Crippen molar-refractivity contribution in [3.8, 4) is 0 Å². The van der Waals surface area contributed by atoms with Crippen LogP contribution in [0.2, 0.25) is 0 Å². The Labute approximate surface area is 123 Å². The van der Waals surface area contributed by atoms with E-state index in [0.717, 1.165) is 31.7 Å². The fourth-order valence-corrected chi connectivity index (χ4v) is 3.08. The van der Waals surface area contributed by atoms with Gasteiger partial charge in [-0.3, -0.25) is 4.90 Å². The van der Waals surface area contributed by atoms with Crippen LogP contribution in [-0.4, -0.2) is 37.1 Å². The number of nitrogens with zero attached hydrogens (tertiary/aromatic N) is 2. The van der Waals surface area contributed by atoms with Crippen molar-refractivity contribution in [2.45, 2.75) is 31.6 Å². The molecule has 1 unspecified atom stereocenters. The molecular weight excluding hydrogens is 307 g/mol. The minimum absolute atomic E-state index is 0.156. The fraction of sp³-hybridized carbons (Fsp3) is 0.600. The number of rotatable bonds is 4. The van der Waals surface area contributed by atoms with E-state index in [4.69, 9.17) is 0 Å². The molecule has 2 rings (SSSR count). The number of anilines is 1. The van der Waals surface area contributed by atoms with Crippen LogP contribution in [0.25, 0.3) is 0 Å². The molecule has 106 valence electrons. The molecular formula is C15H22BrFN2. The van der Waals surface area contributed by atoms with Crippen molar-refractivity contribution in [3.05, 3.63) is 29.6 Å². The minimum Gasteiger partial charge on any atom is -0.369 e. The highest BCUT2D eigenvalue weighted by atomic mass is 79.9. The fourth-order valence-electron chi connectivity index (χ4n) is 2.63. The van der Waals surface area contributed by atoms with E-state index in [0.29, 0.717) is 11.4 Å². The van der Waals surface area contributed by atoms with E-state index >= 15 is 0 Å². The highest BCUT2D eigenvalue weighted by molar-refractivity contribution is 9.08. The van der Waals surface area contributed by atoms with Gasteiger partial charge in [0.05, 0.1) is 0 Å². The summed E-state index contributed by atoms with van der Waals surface area (Å²) in [6.07, 6.45) is 1.20. The SMILES string of the molecule is CCC(C)N1CCN(c2ccc(F)cc2CBr)CC1. The van der Waals surface area contributed by atoms with Crippen LogP contribution in [0.1, 0.15) is 25.8 Å². The van der Waals surface area contributed by atoms with Gasteiger partial charge in [-0.05, 0) is 37.1 Å². The second-order valence-electron chi connectivity index (χ2n) is 5.19. The van der Waals surface area contributed by atoms with E-state index in [2.05, 4.69) is 39.6 Å². The molecule has 0 aromatic heterocycles. The van der Waals surface area contributed by atoms with Gasteiger partial charge in [-0.1, -0.05) is 22.9 Å². The zero-order chi connectivity index (χ0) is 13.8. The quantitative estimate of drug-likeness (QED) is 0.778. The van der Waals surface area contributed by atoms with Crippen LogP contribution in [0, 0.1) is 5.82 Å². The standard InChI is InChI=1S/C15H22BrFN2/c1-3-12(2)18-6-8-19(9-7-18)15-5-4-14(17)10-13(15)11-16/h4-5,10,12H,3,6-9,11H2,1-2H3. The zero-order valence-electron chi connectivity index (χ0n) is 11.7. The van der Waals surface area contributed by atoms with Gasteiger partial charge in [0.1, 0.15) is 5.82 Å². The Hall–Kier alpha value is -0.610. The van der Waals surface area contributed by atoms with E-state index in [1.807, 2.05) is 6.07 Å². The van der Waals surface area contributed by atoms with Gasteiger partial charge in [0.2, 0.25) is 0 Å². The molecule has 0 N–H and O–H groups in total. The van der Waals surface area contributed by atoms with Crippen LogP contribution in [0.5, 0.6) is 0 Å². The monoisotopic (exact) mass is 328 g/mol. The maximum atomic E-state index is 13.3. The number of alkyl halides is 1. The molecule has 1 aromatic carbocycles. The molecule has 0 amide bonds. The number of benzene rings is 1. The zero-order valence-corrected chi connectivity index (χ0v) is 13.3. The number of halogens is 2. The van der Waals surface area contributed by atoms with Crippen molar-refractivity contribution in [2.24, 2.45) is 0 Å². The van der Waals surface area contributed by atoms with Crippen LogP contribution in [0.15, 0.2) is 18.2 Å². The number of hydrogen-bond donors (Lipinski definition) is 0. The summed E-state index contributed by atoms with van der Waals surface area (Å²) in [5.41, 5.74) is 2.21. The summed E-state index contributed by atoms with van der Waals surface area (Å²) in [6, 6.07) is 5.75. The summed E-state index contributed by atoms with van der Waals surface area (Å²) in [5, 5.41) is 0.700. The number of piperazine rings is 1. The predicted molar refractivity (Wildman–Crippen MR) is 82.6 cm³/mol. The molecule has 0 spiro atoms. The number of hydrogen-bond acceptors (Lipinski definition) is 2. The lowest BCUT2D eigenvalue weighted by Gasteiger charge is -2.39. The van der Waals surface area contributed by atoms with E-state index in [9.17, 15) is 4.39 Å². The average Bonchev–Trinajstić information content (AvgIpc) is 2.46. The van der Waals surface area contributed by atoms with E-state index < -0.39 is 0 Å². The summed E-state index contributed by atoms with van der Waals surface area (Å²) in [7, 11) is 0. The molecule has 0 aliphatic carbocycles. The normalized spacial score (nSPS) is 18.6. The molecule has 4 heteroatoms. The molecule has 0 bridgehead atoms. The van der Waals surface area contributed by atoms with Gasteiger partial charge in [0.25, 0.3) is 0 Å². The predicted octanol–water partition coefficient (Wildman–Crippen LogP) is 3.64. The lowest BCUT2D eigenvalue weighted by Crippen LogP contribution is -2.49. The molecule has 1 aliphatic rings. The van der Waals surface area contributed by atoms with Crippen LogP contribution in [0.4, 0.5) is 10.1 Å². The van der Waals surface area contributed by atoms with Gasteiger partial charge in [0.15, 0.2) is 0 Å². The molecule has 1 fully saturated rings. The molecule has 1 aromatic rings. The van der Waals surface area contributed by atoms with Crippen molar-refractivity contribution < 1.29 is 4.39 Å². The largest absolute Gasteiger partial charge is 0.369 e. The Morgan fingerprint density at radius 3 is 2.53 bits per heavy atom. The second-order valence-corrected chi connectivity index (χ2v) is 5.75. The van der Waals surface area contributed by atoms with Crippen molar-refractivity contribution in [2.75, 3.05) is 31.1 Å². The smallest absolute Gasteiger partial charge is 0.123 e. The highest BCUT2D eigenvalue weighted by Gasteiger charge is 2.21. The van der Waals surface area contributed by atoms with Crippen LogP contribution in [-0.2, 0) is 5.33 Å². The van der Waals surface area contributed by atoms with Crippen molar-refractivity contribution in [1.82, 2.24) is 4.90 Å². The molecule has 1 atom stereocenters. The first-order valence-corrected chi connectivity index (χ1v) is 8.11. The van der Waals surface area contributed by atoms with E-state index in [1.54, 1.807) is 12.1 Å². The summed E-state index contributed by atoms with van der Waals surface area (Å²) >= 11 is 3.45. The first kappa shape index (κ1) is 14.8. The van der Waals surface area contributed by atoms with Gasteiger partial charge < -0.3 is 4.90 Å². The van der Waals surface area contributed by atoms with Crippen LogP contribution >= 0.6 is 15.9 Å². The molecule has 19 heavy (non-hydrogen) atoms. The van der Waals surface area contributed by atoms with Crippen molar-refractivity contribution >= 4 is 21.6 Å². The summed E-state index contributed by atoms with van der Waals surface area (Å²) in [6.45, 7) is 8.76. The summed E-state index contributed by atoms with van der Waals surface area (Å²) in [5.74, 6) is -0.156. The van der Waals surface area contributed by atoms with Crippen molar-refractivity contribution in [3.63, 3.8) is 0 Å². The first-order valence-electron chi connectivity index (χ1n) is 6.99. The molecule has 1 heterocycles. The van der Waals surface area contributed by atoms with Gasteiger partial charge in [-0.2, -0.15) is 0 Å². The van der Waals surface area contributed by atoms with Gasteiger partial charge >= 0.3 is 0 Å². The van der Waals surface area contributed by atoms with Gasteiger partial charge in [-0.25, -0.2) is 4.39 Å². The molecule has 0 saturated carbocycles. The van der Waals surface area contributed by atoms with Crippen LogP contribution < -0.4 is 4.90 Å². The maximum Gasteiger partial charge on any atom is 0.123 e. The third-order valence-electron chi connectivity index (χ3n) is 4.05. The Morgan fingerprint density at radius 1 is 1.26 bits per heavy atom. The summed E-state index contributed by atoms with van der Waals surface area (Å²) < 4.78 is 13.3.